The molecule has 4 rings (SSSR count). The van der Waals surface area contributed by atoms with E-state index in [1.54, 1.807) is 6.07 Å². The molecule has 6 nitrogen and oxygen atoms in total. The lowest BCUT2D eigenvalue weighted by Crippen LogP contribution is -2.46. The number of hydrogen-bond acceptors (Lipinski definition) is 5. The molecule has 0 spiro atoms. The zero-order valence-electron chi connectivity index (χ0n) is 17.8. The van der Waals surface area contributed by atoms with Gasteiger partial charge in [-0.15, -0.1) is 12.4 Å². The number of aromatic nitrogens is 1. The highest BCUT2D eigenvalue weighted by atomic mass is 35.5. The molecule has 1 aromatic heterocycles. The molecule has 1 fully saturated rings. The Morgan fingerprint density at radius 1 is 0.969 bits per heavy atom. The van der Waals surface area contributed by atoms with Crippen LogP contribution < -0.4 is 9.62 Å². The number of pyridine rings is 1. The number of benzene rings is 2. The van der Waals surface area contributed by atoms with Crippen molar-refractivity contribution in [2.45, 2.75) is 17.7 Å². The molecule has 0 saturated carbocycles. The maximum absolute atomic E-state index is 12.6. The summed E-state index contributed by atoms with van der Waals surface area (Å²) in [6, 6.07) is 17.2. The minimum Gasteiger partial charge on any atom is -0.369 e. The van der Waals surface area contributed by atoms with Gasteiger partial charge >= 0.3 is 0 Å². The summed E-state index contributed by atoms with van der Waals surface area (Å²) < 4.78 is 27.8. The monoisotopic (exact) mass is 494 g/mol. The summed E-state index contributed by atoms with van der Waals surface area (Å²) in [4.78, 5) is 9.25. The van der Waals surface area contributed by atoms with Crippen LogP contribution in [0.25, 0.3) is 10.9 Å². The Balaban J connectivity index is 0.00000289. The van der Waals surface area contributed by atoms with Crippen molar-refractivity contribution in [3.8, 4) is 0 Å². The molecule has 0 amide bonds. The summed E-state index contributed by atoms with van der Waals surface area (Å²) in [7, 11) is -3.54. The van der Waals surface area contributed by atoms with Gasteiger partial charge < -0.3 is 4.90 Å². The van der Waals surface area contributed by atoms with Crippen molar-refractivity contribution in [2.24, 2.45) is 0 Å². The SMILES string of the molecule is Cl.O=S(=O)(NCCCCN1CCN(c2cccc(Cl)c2)CC1)c1cnc2ccccc2c1. The maximum Gasteiger partial charge on any atom is 0.242 e. The number of halogens is 2. The zero-order chi connectivity index (χ0) is 21.7. The van der Waals surface area contributed by atoms with Crippen molar-refractivity contribution >= 4 is 50.6 Å². The standard InChI is InChI=1S/C23H27ClN4O2S.ClH/c24-20-7-5-8-21(17-20)28-14-12-27(13-15-28)11-4-3-10-26-31(29,30)22-16-19-6-1-2-9-23(19)25-18-22;/h1-2,5-9,16-18,26H,3-4,10-15H2;1H. The first kappa shape index (κ1) is 24.7. The summed E-state index contributed by atoms with van der Waals surface area (Å²) in [5.74, 6) is 0. The molecular formula is C23H28Cl2N4O2S. The van der Waals surface area contributed by atoms with E-state index in [9.17, 15) is 8.42 Å². The van der Waals surface area contributed by atoms with Crippen LogP contribution in [0.2, 0.25) is 5.02 Å². The fourth-order valence-electron chi connectivity index (χ4n) is 3.85. The van der Waals surface area contributed by atoms with E-state index in [-0.39, 0.29) is 17.3 Å². The summed E-state index contributed by atoms with van der Waals surface area (Å²) in [6.07, 6.45) is 3.18. The van der Waals surface area contributed by atoms with E-state index >= 15 is 0 Å². The van der Waals surface area contributed by atoms with Crippen LogP contribution in [0.15, 0.2) is 65.7 Å². The summed E-state index contributed by atoms with van der Waals surface area (Å²) >= 11 is 6.10. The normalized spacial score (nSPS) is 15.0. The number of rotatable bonds is 8. The van der Waals surface area contributed by atoms with Crippen LogP contribution >= 0.6 is 24.0 Å². The van der Waals surface area contributed by atoms with E-state index in [0.717, 1.165) is 61.5 Å². The minimum atomic E-state index is -3.54. The maximum atomic E-state index is 12.6. The van der Waals surface area contributed by atoms with Crippen LogP contribution in [0, 0.1) is 0 Å². The minimum absolute atomic E-state index is 0. The molecule has 9 heteroatoms. The van der Waals surface area contributed by atoms with Crippen LogP contribution in [0.1, 0.15) is 12.8 Å². The van der Waals surface area contributed by atoms with Crippen molar-refractivity contribution in [1.82, 2.24) is 14.6 Å². The van der Waals surface area contributed by atoms with Gasteiger partial charge in [-0.2, -0.15) is 0 Å². The van der Waals surface area contributed by atoms with E-state index in [1.807, 2.05) is 42.5 Å². The second kappa shape index (κ2) is 11.3. The second-order valence-corrected chi connectivity index (χ2v) is 9.98. The molecule has 2 heterocycles. The Kier molecular flexibility index (Phi) is 8.73. The first-order chi connectivity index (χ1) is 15.0. The number of unbranched alkanes of at least 4 members (excludes halogenated alkanes) is 1. The molecule has 1 saturated heterocycles. The van der Waals surface area contributed by atoms with Gasteiger partial charge in [0, 0.05) is 55.0 Å². The number of para-hydroxylation sites is 1. The molecule has 0 atom stereocenters. The molecule has 3 aromatic rings. The third-order valence-electron chi connectivity index (χ3n) is 5.61. The van der Waals surface area contributed by atoms with Crippen LogP contribution in [0.4, 0.5) is 5.69 Å². The van der Waals surface area contributed by atoms with E-state index in [4.69, 9.17) is 11.6 Å². The summed E-state index contributed by atoms with van der Waals surface area (Å²) in [5, 5.41) is 1.59. The second-order valence-electron chi connectivity index (χ2n) is 7.78. The Bertz CT molecular complexity index is 1140. The fourth-order valence-corrected chi connectivity index (χ4v) is 5.09. The smallest absolute Gasteiger partial charge is 0.242 e. The Hall–Kier alpha value is -1.90. The van der Waals surface area contributed by atoms with Crippen molar-refractivity contribution in [3.63, 3.8) is 0 Å². The predicted octanol–water partition coefficient (Wildman–Crippen LogP) is 4.19. The molecule has 0 bridgehead atoms. The molecular weight excluding hydrogens is 467 g/mol. The topological polar surface area (TPSA) is 65.5 Å². The molecule has 1 aliphatic rings. The molecule has 0 radical (unpaired) electrons. The molecule has 172 valence electrons. The highest BCUT2D eigenvalue weighted by Crippen LogP contribution is 2.21. The third-order valence-corrected chi connectivity index (χ3v) is 7.28. The molecule has 0 aliphatic carbocycles. The Morgan fingerprint density at radius 2 is 1.75 bits per heavy atom. The number of hydrogen-bond donors (Lipinski definition) is 1. The average Bonchev–Trinajstić information content (AvgIpc) is 2.79. The predicted molar refractivity (Wildman–Crippen MR) is 134 cm³/mol. The number of anilines is 1. The van der Waals surface area contributed by atoms with Gasteiger partial charge in [0.15, 0.2) is 0 Å². The first-order valence-electron chi connectivity index (χ1n) is 10.6. The number of sulfonamides is 1. The van der Waals surface area contributed by atoms with E-state index in [2.05, 4.69) is 25.6 Å². The quantitative estimate of drug-likeness (QED) is 0.475. The van der Waals surface area contributed by atoms with Crippen LogP contribution in [0.5, 0.6) is 0 Å². The van der Waals surface area contributed by atoms with Gasteiger partial charge in [-0.1, -0.05) is 35.9 Å². The summed E-state index contributed by atoms with van der Waals surface area (Å²) in [5.41, 5.74) is 1.96. The van der Waals surface area contributed by atoms with Gasteiger partial charge in [-0.3, -0.25) is 9.88 Å². The van der Waals surface area contributed by atoms with Crippen LogP contribution in [-0.2, 0) is 10.0 Å². The van der Waals surface area contributed by atoms with Crippen molar-refractivity contribution in [1.29, 1.82) is 0 Å². The van der Waals surface area contributed by atoms with Gasteiger partial charge in [-0.25, -0.2) is 13.1 Å². The molecule has 32 heavy (non-hydrogen) atoms. The third kappa shape index (κ3) is 6.33. The lowest BCUT2D eigenvalue weighted by molar-refractivity contribution is 0.253. The summed E-state index contributed by atoms with van der Waals surface area (Å²) in [6.45, 7) is 5.35. The molecule has 1 N–H and O–H groups in total. The molecule has 2 aromatic carbocycles. The molecule has 1 aliphatic heterocycles. The van der Waals surface area contributed by atoms with Gasteiger partial charge in [0.05, 0.1) is 5.52 Å². The highest BCUT2D eigenvalue weighted by molar-refractivity contribution is 7.89. The van der Waals surface area contributed by atoms with Gasteiger partial charge in [0.25, 0.3) is 0 Å². The average molecular weight is 495 g/mol. The number of nitrogens with zero attached hydrogens (tertiary/aromatic N) is 3. The van der Waals surface area contributed by atoms with Gasteiger partial charge in [0.1, 0.15) is 4.90 Å². The van der Waals surface area contributed by atoms with E-state index < -0.39 is 10.0 Å². The van der Waals surface area contributed by atoms with Gasteiger partial charge in [0.2, 0.25) is 10.0 Å². The number of fused-ring (bicyclic) bond motifs is 1. The molecule has 0 unspecified atom stereocenters. The number of nitrogens with one attached hydrogen (secondary N) is 1. The van der Waals surface area contributed by atoms with E-state index in [0.29, 0.717) is 6.54 Å². The number of piperazine rings is 1. The Labute approximate surface area is 201 Å². The largest absolute Gasteiger partial charge is 0.369 e. The van der Waals surface area contributed by atoms with Crippen molar-refractivity contribution in [2.75, 3.05) is 44.2 Å². The first-order valence-corrected chi connectivity index (χ1v) is 12.4. The Morgan fingerprint density at radius 3 is 2.53 bits per heavy atom. The van der Waals surface area contributed by atoms with Crippen molar-refractivity contribution in [3.05, 3.63) is 65.8 Å². The van der Waals surface area contributed by atoms with E-state index in [1.165, 1.54) is 11.9 Å². The van der Waals surface area contributed by atoms with Crippen LogP contribution in [0.3, 0.4) is 0 Å². The highest BCUT2D eigenvalue weighted by Gasteiger charge is 2.18. The lowest BCUT2D eigenvalue weighted by Gasteiger charge is -2.36. The van der Waals surface area contributed by atoms with Crippen LogP contribution in [-0.4, -0.2) is 57.6 Å². The lowest BCUT2D eigenvalue weighted by atomic mass is 10.2. The zero-order valence-corrected chi connectivity index (χ0v) is 20.2. The van der Waals surface area contributed by atoms with Crippen molar-refractivity contribution < 1.29 is 8.42 Å². The fraction of sp³-hybridized carbons (Fsp3) is 0.348. The van der Waals surface area contributed by atoms with Gasteiger partial charge in [-0.05, 0) is 49.7 Å².